The number of fused-ring (bicyclic) bond motifs is 7. The molecule has 0 bridgehead atoms. The van der Waals surface area contributed by atoms with Crippen LogP contribution in [0.15, 0.2) is 11.1 Å². The van der Waals surface area contributed by atoms with Crippen molar-refractivity contribution in [3.63, 3.8) is 0 Å². The second-order valence-electron chi connectivity index (χ2n) is 13.5. The Kier molecular flexibility index (Phi) is 7.13. The molecule has 0 amide bonds. The molecule has 4 saturated carbocycles. The van der Waals surface area contributed by atoms with Crippen LogP contribution in [0.3, 0.4) is 0 Å². The summed E-state index contributed by atoms with van der Waals surface area (Å²) in [6.45, 7) is 12.3. The van der Waals surface area contributed by atoms with Gasteiger partial charge >= 0.3 is 11.9 Å². The minimum atomic E-state index is -0.441. The maximum atomic E-state index is 13.5. The fourth-order valence-corrected chi connectivity index (χ4v) is 9.65. The molecule has 4 fully saturated rings. The van der Waals surface area contributed by atoms with Crippen molar-refractivity contribution in [3.05, 3.63) is 11.1 Å². The van der Waals surface area contributed by atoms with Crippen LogP contribution in [0.5, 0.6) is 0 Å². The summed E-state index contributed by atoms with van der Waals surface area (Å²) in [5.74, 6) is 2.30. The third kappa shape index (κ3) is 4.59. The second-order valence-corrected chi connectivity index (χ2v) is 13.5. The summed E-state index contributed by atoms with van der Waals surface area (Å²) in [6.07, 6.45) is 9.19. The van der Waals surface area contributed by atoms with E-state index >= 15 is 0 Å². The van der Waals surface area contributed by atoms with E-state index < -0.39 is 6.10 Å². The molecule has 5 aliphatic rings. The van der Waals surface area contributed by atoms with Crippen molar-refractivity contribution in [2.24, 2.45) is 40.4 Å². The van der Waals surface area contributed by atoms with E-state index in [4.69, 9.17) is 14.2 Å². The summed E-state index contributed by atoms with van der Waals surface area (Å²) in [5.41, 5.74) is 2.57. The molecular weight excluding hydrogens is 468 g/mol. The third-order valence-corrected chi connectivity index (χ3v) is 11.3. The van der Waals surface area contributed by atoms with Crippen LogP contribution in [-0.2, 0) is 28.6 Å². The zero-order chi connectivity index (χ0) is 26.7. The number of esters is 2. The average Bonchev–Trinajstić information content (AvgIpc) is 3.13. The molecule has 0 spiro atoms. The van der Waals surface area contributed by atoms with E-state index in [-0.39, 0.29) is 41.3 Å². The molecular formula is C31H46O6. The molecule has 0 aromatic rings. The number of hydrogen-bond donors (Lipinski definition) is 0. The highest BCUT2D eigenvalue weighted by Crippen LogP contribution is 2.68. The van der Waals surface area contributed by atoms with Crippen molar-refractivity contribution in [2.75, 3.05) is 6.61 Å². The fraction of sp³-hybridized carbons (Fsp3) is 0.839. The normalized spacial score (nSPS) is 43.7. The van der Waals surface area contributed by atoms with Crippen LogP contribution < -0.4 is 0 Å². The fourth-order valence-electron chi connectivity index (χ4n) is 9.65. The Hall–Kier alpha value is -1.69. The quantitative estimate of drug-likeness (QED) is 0.431. The molecule has 1 heterocycles. The van der Waals surface area contributed by atoms with Crippen LogP contribution in [0.25, 0.3) is 0 Å². The lowest BCUT2D eigenvalue weighted by molar-refractivity contribution is -0.158. The van der Waals surface area contributed by atoms with Gasteiger partial charge in [0.05, 0.1) is 12.7 Å². The monoisotopic (exact) mass is 514 g/mol. The number of rotatable bonds is 5. The molecule has 37 heavy (non-hydrogen) atoms. The lowest BCUT2D eigenvalue weighted by Crippen LogP contribution is -2.53. The zero-order valence-electron chi connectivity index (χ0n) is 23.6. The van der Waals surface area contributed by atoms with E-state index in [1.807, 2.05) is 13.8 Å². The summed E-state index contributed by atoms with van der Waals surface area (Å²) < 4.78 is 17.4. The van der Waals surface area contributed by atoms with Crippen molar-refractivity contribution in [1.82, 2.24) is 0 Å². The van der Waals surface area contributed by atoms with Crippen LogP contribution >= 0.6 is 0 Å². The predicted molar refractivity (Wildman–Crippen MR) is 139 cm³/mol. The average molecular weight is 515 g/mol. The van der Waals surface area contributed by atoms with Crippen molar-refractivity contribution in [2.45, 2.75) is 118 Å². The second kappa shape index (κ2) is 9.81. The van der Waals surface area contributed by atoms with E-state index in [0.29, 0.717) is 42.1 Å². The maximum Gasteiger partial charge on any atom is 0.302 e. The van der Waals surface area contributed by atoms with Gasteiger partial charge in [0, 0.05) is 13.8 Å². The Labute approximate surface area is 222 Å². The molecule has 4 aliphatic carbocycles. The van der Waals surface area contributed by atoms with E-state index in [2.05, 4.69) is 13.8 Å². The molecule has 1 aliphatic heterocycles. The first kappa shape index (κ1) is 26.9. The van der Waals surface area contributed by atoms with Gasteiger partial charge in [-0.2, -0.15) is 0 Å². The van der Waals surface area contributed by atoms with Gasteiger partial charge in [-0.25, -0.2) is 0 Å². The summed E-state index contributed by atoms with van der Waals surface area (Å²) in [4.78, 5) is 36.3. The standard InChI is InChI=1S/C31H46O6/c1-17(16-35-19(3)32)13-27-29(34)18(2)28-26(37-27)15-25-23-8-7-21-14-22(36-20(4)33)9-11-30(21,5)24(23)10-12-31(25,28)6/h17,21-27H,7-16H2,1-6H3/t17-,21+,22-,23+,24-,25-,26-,27+,30-,31-/m0/s1. The number of carbonyl (C=O) groups is 3. The van der Waals surface area contributed by atoms with Gasteiger partial charge in [-0.05, 0) is 116 Å². The number of ketones is 1. The SMILES string of the molecule is CC(=O)OC[C@@H](C)C[C@H]1O[C@H]2C[C@H]3[C@@H]4CC[C@@H]5C[C@@H](OC(C)=O)CC[C@]5(C)[C@H]4CC[C@]3(C)C2=C(C)C1=O. The Bertz CT molecular complexity index is 984. The van der Waals surface area contributed by atoms with Crippen LogP contribution in [0.4, 0.5) is 0 Å². The highest BCUT2D eigenvalue weighted by atomic mass is 16.5. The minimum Gasteiger partial charge on any atom is -0.466 e. The van der Waals surface area contributed by atoms with Crippen molar-refractivity contribution in [1.29, 1.82) is 0 Å². The molecule has 0 N–H and O–H groups in total. The lowest BCUT2D eigenvalue weighted by Gasteiger charge is -2.60. The van der Waals surface area contributed by atoms with Crippen molar-refractivity contribution >= 4 is 17.7 Å². The smallest absolute Gasteiger partial charge is 0.302 e. The largest absolute Gasteiger partial charge is 0.466 e. The molecule has 0 saturated heterocycles. The highest BCUT2D eigenvalue weighted by molar-refractivity contribution is 6.00. The Morgan fingerprint density at radius 3 is 2.49 bits per heavy atom. The van der Waals surface area contributed by atoms with Crippen LogP contribution in [0.2, 0.25) is 0 Å². The third-order valence-electron chi connectivity index (χ3n) is 11.3. The van der Waals surface area contributed by atoms with E-state index in [1.165, 1.54) is 38.7 Å². The molecule has 0 radical (unpaired) electrons. The van der Waals surface area contributed by atoms with Crippen LogP contribution in [-0.4, -0.2) is 42.6 Å². The molecule has 0 unspecified atom stereocenters. The van der Waals surface area contributed by atoms with Gasteiger partial charge in [-0.15, -0.1) is 0 Å². The molecule has 0 aromatic heterocycles. The molecule has 10 atom stereocenters. The van der Waals surface area contributed by atoms with Crippen molar-refractivity contribution in [3.8, 4) is 0 Å². The molecule has 0 aromatic carbocycles. The lowest BCUT2D eigenvalue weighted by atomic mass is 9.45. The molecule has 5 rings (SSSR count). The summed E-state index contributed by atoms with van der Waals surface area (Å²) in [7, 11) is 0. The molecule has 206 valence electrons. The predicted octanol–water partition coefficient (Wildman–Crippen LogP) is 5.81. The van der Waals surface area contributed by atoms with Gasteiger partial charge < -0.3 is 14.2 Å². The van der Waals surface area contributed by atoms with Gasteiger partial charge in [0.1, 0.15) is 12.2 Å². The first-order valence-electron chi connectivity index (χ1n) is 14.7. The van der Waals surface area contributed by atoms with Gasteiger partial charge in [-0.1, -0.05) is 20.8 Å². The van der Waals surface area contributed by atoms with E-state index in [1.54, 1.807) is 0 Å². The zero-order valence-corrected chi connectivity index (χ0v) is 23.6. The van der Waals surface area contributed by atoms with Crippen molar-refractivity contribution < 1.29 is 28.6 Å². The topological polar surface area (TPSA) is 78.9 Å². The Morgan fingerprint density at radius 1 is 1.03 bits per heavy atom. The molecule has 6 heteroatoms. The first-order valence-corrected chi connectivity index (χ1v) is 14.7. The summed E-state index contributed by atoms with van der Waals surface area (Å²) >= 11 is 0. The number of carbonyl (C=O) groups excluding carboxylic acids is 3. The van der Waals surface area contributed by atoms with Crippen LogP contribution in [0.1, 0.15) is 99.3 Å². The summed E-state index contributed by atoms with van der Waals surface area (Å²) in [5, 5.41) is 0. The van der Waals surface area contributed by atoms with Gasteiger partial charge in [0.15, 0.2) is 5.78 Å². The minimum absolute atomic E-state index is 0.0302. The van der Waals surface area contributed by atoms with Crippen LogP contribution in [0, 0.1) is 40.4 Å². The first-order chi connectivity index (χ1) is 17.4. The Morgan fingerprint density at radius 2 is 1.78 bits per heavy atom. The Balaban J connectivity index is 1.33. The van der Waals surface area contributed by atoms with Gasteiger partial charge in [0.25, 0.3) is 0 Å². The number of ether oxygens (including phenoxy) is 3. The van der Waals surface area contributed by atoms with Gasteiger partial charge in [-0.3, -0.25) is 14.4 Å². The molecule has 6 nitrogen and oxygen atoms in total. The number of hydrogen-bond acceptors (Lipinski definition) is 6. The van der Waals surface area contributed by atoms with E-state index in [9.17, 15) is 14.4 Å². The summed E-state index contributed by atoms with van der Waals surface area (Å²) in [6, 6.07) is 0. The van der Waals surface area contributed by atoms with Gasteiger partial charge in [0.2, 0.25) is 0 Å². The van der Waals surface area contributed by atoms with E-state index in [0.717, 1.165) is 37.7 Å². The number of Topliss-reactive ketones (excluding diaryl/α,β-unsaturated/α-hetero) is 1. The maximum absolute atomic E-state index is 13.5. The highest BCUT2D eigenvalue weighted by Gasteiger charge is 2.62.